The maximum Gasteiger partial charge on any atom is 0.320 e. The molecule has 2 saturated heterocycles. The summed E-state index contributed by atoms with van der Waals surface area (Å²) in [5.74, 6) is 0.639. The molecule has 1 aromatic carbocycles. The van der Waals surface area contributed by atoms with Gasteiger partial charge in [-0.2, -0.15) is 0 Å². The lowest BCUT2D eigenvalue weighted by atomic mass is 9.96. The van der Waals surface area contributed by atoms with Gasteiger partial charge in [-0.25, -0.2) is 13.2 Å². The summed E-state index contributed by atoms with van der Waals surface area (Å²) < 4.78 is 23.3. The maximum atomic E-state index is 12.8. The molecular weight excluding hydrogens is 324 g/mol. The molecule has 0 radical (unpaired) electrons. The summed E-state index contributed by atoms with van der Waals surface area (Å²) in [7, 11) is -1.25. The Hall–Kier alpha value is -1.56. The number of hydrogen-bond acceptors (Lipinski definition) is 3. The van der Waals surface area contributed by atoms with Crippen LogP contribution in [0.25, 0.3) is 0 Å². The number of carbonyl (C=O) groups excluding carboxylic acids is 1. The molecule has 2 amide bonds. The number of amides is 2. The van der Waals surface area contributed by atoms with Gasteiger partial charge in [0.2, 0.25) is 0 Å². The predicted molar refractivity (Wildman–Crippen MR) is 94.9 cm³/mol. The highest BCUT2D eigenvalue weighted by Gasteiger charge is 2.39. The molecule has 3 atom stereocenters. The molecule has 3 unspecified atom stereocenters. The Labute approximate surface area is 144 Å². The van der Waals surface area contributed by atoms with Gasteiger partial charge in [0, 0.05) is 31.6 Å². The zero-order chi connectivity index (χ0) is 17.5. The minimum absolute atomic E-state index is 0.0424. The summed E-state index contributed by atoms with van der Waals surface area (Å²) in [6, 6.07) is 8.46. The minimum Gasteiger partial charge on any atom is -0.324 e. The number of urea groups is 1. The number of aryl methyl sites for hydroxylation is 1. The van der Waals surface area contributed by atoms with E-state index in [1.807, 2.05) is 4.90 Å². The highest BCUT2D eigenvalue weighted by atomic mass is 32.2. The van der Waals surface area contributed by atoms with Crippen molar-refractivity contribution >= 4 is 15.9 Å². The molecule has 3 rings (SSSR count). The summed E-state index contributed by atoms with van der Waals surface area (Å²) in [5, 5.41) is 0. The maximum absolute atomic E-state index is 12.8. The molecule has 0 saturated carbocycles. The van der Waals surface area contributed by atoms with Crippen LogP contribution in [0.5, 0.6) is 0 Å². The van der Waals surface area contributed by atoms with Crippen LogP contribution in [0.4, 0.5) is 4.79 Å². The summed E-state index contributed by atoms with van der Waals surface area (Å²) >= 11 is 0. The first-order valence-corrected chi connectivity index (χ1v) is 10.4. The highest BCUT2D eigenvalue weighted by Crippen LogP contribution is 2.33. The quantitative estimate of drug-likeness (QED) is 0.823. The topological polar surface area (TPSA) is 57.7 Å². The van der Waals surface area contributed by atoms with Crippen LogP contribution < -0.4 is 0 Å². The number of carbonyl (C=O) groups is 1. The number of hydrogen-bond donors (Lipinski definition) is 0. The number of likely N-dealkylation sites (tertiary alicyclic amines) is 1. The molecule has 0 N–H and O–H groups in total. The normalized spacial score (nSPS) is 29.0. The van der Waals surface area contributed by atoms with E-state index in [9.17, 15) is 13.2 Å². The Morgan fingerprint density at radius 2 is 1.92 bits per heavy atom. The summed E-state index contributed by atoms with van der Waals surface area (Å²) in [6.45, 7) is 4.85. The lowest BCUT2D eigenvalue weighted by Crippen LogP contribution is -2.47. The van der Waals surface area contributed by atoms with Crippen molar-refractivity contribution in [3.8, 4) is 0 Å². The smallest absolute Gasteiger partial charge is 0.320 e. The Kier molecular flexibility index (Phi) is 4.60. The van der Waals surface area contributed by atoms with Crippen molar-refractivity contribution in [1.82, 2.24) is 9.80 Å². The second kappa shape index (κ2) is 6.39. The molecule has 6 heteroatoms. The molecule has 5 nitrogen and oxygen atoms in total. The fourth-order valence-corrected chi connectivity index (χ4v) is 5.59. The number of nitrogens with zero attached hydrogens (tertiary/aromatic N) is 2. The molecule has 2 fully saturated rings. The fraction of sp³-hybridized carbons (Fsp3) is 0.611. The second-order valence-corrected chi connectivity index (χ2v) is 9.52. The van der Waals surface area contributed by atoms with E-state index in [2.05, 4.69) is 38.1 Å². The summed E-state index contributed by atoms with van der Waals surface area (Å²) in [6.07, 6.45) is 1.50. The lowest BCUT2D eigenvalue weighted by Gasteiger charge is -2.31. The average Bonchev–Trinajstić information content (AvgIpc) is 3.09. The van der Waals surface area contributed by atoms with Crippen molar-refractivity contribution in [1.29, 1.82) is 0 Å². The molecule has 0 aromatic heterocycles. The third-order valence-electron chi connectivity index (χ3n) is 5.43. The Morgan fingerprint density at radius 3 is 2.50 bits per heavy atom. The Balaban J connectivity index is 1.68. The zero-order valence-corrected chi connectivity index (χ0v) is 15.4. The third kappa shape index (κ3) is 3.43. The van der Waals surface area contributed by atoms with Gasteiger partial charge in [0.1, 0.15) is 0 Å². The van der Waals surface area contributed by atoms with Crippen LogP contribution in [0.2, 0.25) is 0 Å². The van der Waals surface area contributed by atoms with Crippen molar-refractivity contribution in [2.75, 3.05) is 25.1 Å². The number of benzene rings is 1. The Bertz CT molecular complexity index is 714. The highest BCUT2D eigenvalue weighted by molar-refractivity contribution is 7.91. The van der Waals surface area contributed by atoms with E-state index in [1.165, 1.54) is 11.1 Å². The molecule has 24 heavy (non-hydrogen) atoms. The first kappa shape index (κ1) is 17.3. The van der Waals surface area contributed by atoms with Gasteiger partial charge in [-0.05, 0) is 32.3 Å². The van der Waals surface area contributed by atoms with E-state index in [-0.39, 0.29) is 29.6 Å². The van der Waals surface area contributed by atoms with E-state index in [1.54, 1.807) is 11.9 Å². The van der Waals surface area contributed by atoms with Crippen LogP contribution in [-0.2, 0) is 9.84 Å². The molecule has 2 heterocycles. The second-order valence-electron chi connectivity index (χ2n) is 7.30. The molecular formula is C18H26N2O3S. The van der Waals surface area contributed by atoms with E-state index < -0.39 is 9.84 Å². The van der Waals surface area contributed by atoms with E-state index in [0.717, 1.165) is 6.42 Å². The minimum atomic E-state index is -2.98. The monoisotopic (exact) mass is 350 g/mol. The zero-order valence-electron chi connectivity index (χ0n) is 14.6. The summed E-state index contributed by atoms with van der Waals surface area (Å²) in [5.41, 5.74) is 2.51. The first-order valence-electron chi connectivity index (χ1n) is 8.57. The summed E-state index contributed by atoms with van der Waals surface area (Å²) in [4.78, 5) is 16.4. The van der Waals surface area contributed by atoms with E-state index in [0.29, 0.717) is 18.9 Å². The molecule has 1 aromatic rings. The molecule has 0 aliphatic carbocycles. The number of rotatable bonds is 2. The van der Waals surface area contributed by atoms with Gasteiger partial charge in [-0.1, -0.05) is 29.8 Å². The standard InChI is InChI=1S/C18H26N2O3S/c1-13-4-6-15(7-5-13)16-10-14(2)20(11-16)18(21)19(3)17-8-9-24(22,23)12-17/h4-7,14,16-17H,8-12H2,1-3H3. The van der Waals surface area contributed by atoms with Crippen molar-refractivity contribution in [3.05, 3.63) is 35.4 Å². The average molecular weight is 350 g/mol. The number of sulfone groups is 1. The van der Waals surface area contributed by atoms with Crippen LogP contribution in [0.15, 0.2) is 24.3 Å². The van der Waals surface area contributed by atoms with Gasteiger partial charge in [-0.15, -0.1) is 0 Å². The van der Waals surface area contributed by atoms with Gasteiger partial charge in [0.25, 0.3) is 0 Å². The van der Waals surface area contributed by atoms with Crippen LogP contribution in [0.3, 0.4) is 0 Å². The molecule has 132 valence electrons. The third-order valence-corrected chi connectivity index (χ3v) is 7.18. The van der Waals surface area contributed by atoms with Gasteiger partial charge in [0.05, 0.1) is 11.5 Å². The lowest BCUT2D eigenvalue weighted by molar-refractivity contribution is 0.148. The molecule has 2 aliphatic heterocycles. The van der Waals surface area contributed by atoms with Gasteiger partial charge >= 0.3 is 6.03 Å². The van der Waals surface area contributed by atoms with Crippen LogP contribution in [0.1, 0.15) is 36.8 Å². The van der Waals surface area contributed by atoms with Crippen LogP contribution in [-0.4, -0.2) is 61.4 Å². The fourth-order valence-electron chi connectivity index (χ4n) is 3.82. The van der Waals surface area contributed by atoms with Crippen molar-refractivity contribution in [3.63, 3.8) is 0 Å². The predicted octanol–water partition coefficient (Wildman–Crippen LogP) is 2.41. The molecule has 0 spiro atoms. The van der Waals surface area contributed by atoms with Gasteiger partial charge in [-0.3, -0.25) is 0 Å². The Morgan fingerprint density at radius 1 is 1.25 bits per heavy atom. The van der Waals surface area contributed by atoms with Gasteiger partial charge in [0.15, 0.2) is 9.84 Å². The van der Waals surface area contributed by atoms with E-state index in [4.69, 9.17) is 0 Å². The van der Waals surface area contributed by atoms with Crippen molar-refractivity contribution in [2.45, 2.75) is 44.7 Å². The van der Waals surface area contributed by atoms with E-state index >= 15 is 0 Å². The molecule has 2 aliphatic rings. The van der Waals surface area contributed by atoms with Crippen molar-refractivity contribution in [2.24, 2.45) is 0 Å². The largest absolute Gasteiger partial charge is 0.324 e. The van der Waals surface area contributed by atoms with Crippen molar-refractivity contribution < 1.29 is 13.2 Å². The first-order chi connectivity index (χ1) is 11.3. The SMILES string of the molecule is Cc1ccc(C2CC(C)N(C(=O)N(C)C3CCS(=O)(=O)C3)C2)cc1. The van der Waals surface area contributed by atoms with Crippen LogP contribution >= 0.6 is 0 Å². The van der Waals surface area contributed by atoms with Gasteiger partial charge < -0.3 is 9.80 Å². The van der Waals surface area contributed by atoms with Crippen LogP contribution in [0, 0.1) is 6.92 Å². The molecule has 0 bridgehead atoms.